The standard InChI is InChI=1S/C18H20FN5O/c19-14-4-2-13(3-5-14)17(12-25)23-9-7-21-18(23)16-10-15-11-20-6-1-8-24(15)22-16/h2-5,7,9-10,17,20,25H,1,6,8,11-12H2. The molecule has 0 spiro atoms. The van der Waals surface area contributed by atoms with E-state index in [0.717, 1.165) is 43.0 Å². The molecule has 1 aliphatic heterocycles. The van der Waals surface area contributed by atoms with E-state index in [0.29, 0.717) is 5.82 Å². The number of hydrogen-bond donors (Lipinski definition) is 2. The van der Waals surface area contributed by atoms with Crippen LogP contribution in [-0.2, 0) is 13.1 Å². The highest BCUT2D eigenvalue weighted by atomic mass is 19.1. The first kappa shape index (κ1) is 16.0. The Hall–Kier alpha value is -2.51. The first-order chi connectivity index (χ1) is 12.3. The quantitative estimate of drug-likeness (QED) is 0.761. The van der Waals surface area contributed by atoms with Gasteiger partial charge in [-0.15, -0.1) is 0 Å². The fraction of sp³-hybridized carbons (Fsp3) is 0.333. The molecule has 1 atom stereocenters. The average Bonchev–Trinajstić information content (AvgIpc) is 3.19. The Morgan fingerprint density at radius 3 is 2.92 bits per heavy atom. The van der Waals surface area contributed by atoms with E-state index in [1.54, 1.807) is 18.3 Å². The number of nitrogens with one attached hydrogen (secondary N) is 1. The van der Waals surface area contributed by atoms with Crippen LogP contribution in [0.3, 0.4) is 0 Å². The lowest BCUT2D eigenvalue weighted by atomic mass is 10.1. The lowest BCUT2D eigenvalue weighted by Crippen LogP contribution is -2.15. The molecule has 2 aromatic heterocycles. The molecule has 1 aromatic carbocycles. The Labute approximate surface area is 144 Å². The zero-order chi connectivity index (χ0) is 17.2. The van der Waals surface area contributed by atoms with Crippen LogP contribution in [0.15, 0.2) is 42.7 Å². The molecule has 0 aliphatic carbocycles. The van der Waals surface area contributed by atoms with Gasteiger partial charge in [0.2, 0.25) is 0 Å². The van der Waals surface area contributed by atoms with Gasteiger partial charge in [0, 0.05) is 25.5 Å². The molecular weight excluding hydrogens is 321 g/mol. The van der Waals surface area contributed by atoms with Crippen molar-refractivity contribution in [2.75, 3.05) is 13.2 Å². The van der Waals surface area contributed by atoms with Crippen LogP contribution in [0, 0.1) is 5.82 Å². The van der Waals surface area contributed by atoms with Gasteiger partial charge >= 0.3 is 0 Å². The number of aryl methyl sites for hydroxylation is 1. The van der Waals surface area contributed by atoms with Gasteiger partial charge in [-0.25, -0.2) is 9.37 Å². The second kappa shape index (κ2) is 6.78. The van der Waals surface area contributed by atoms with Crippen molar-refractivity contribution in [2.45, 2.75) is 25.6 Å². The van der Waals surface area contributed by atoms with Crippen LogP contribution in [0.2, 0.25) is 0 Å². The SMILES string of the molecule is OCC(c1ccc(F)cc1)n1ccnc1-c1cc2n(n1)CCCNC2. The van der Waals surface area contributed by atoms with Crippen LogP contribution < -0.4 is 5.32 Å². The van der Waals surface area contributed by atoms with Crippen LogP contribution in [0.4, 0.5) is 4.39 Å². The first-order valence-corrected chi connectivity index (χ1v) is 8.43. The van der Waals surface area contributed by atoms with Crippen molar-refractivity contribution in [1.82, 2.24) is 24.6 Å². The zero-order valence-corrected chi connectivity index (χ0v) is 13.8. The Morgan fingerprint density at radius 1 is 1.28 bits per heavy atom. The molecular formula is C18H20FN5O. The molecule has 25 heavy (non-hydrogen) atoms. The van der Waals surface area contributed by atoms with E-state index in [1.807, 2.05) is 21.5 Å². The minimum Gasteiger partial charge on any atom is -0.394 e. The maximum absolute atomic E-state index is 13.2. The van der Waals surface area contributed by atoms with Gasteiger partial charge in [0.15, 0.2) is 5.82 Å². The van der Waals surface area contributed by atoms with Crippen LogP contribution in [-0.4, -0.2) is 37.6 Å². The van der Waals surface area contributed by atoms with Gasteiger partial charge in [-0.05, 0) is 36.7 Å². The summed E-state index contributed by atoms with van der Waals surface area (Å²) in [5.41, 5.74) is 2.74. The molecule has 0 amide bonds. The van der Waals surface area contributed by atoms with Crippen LogP contribution in [0.1, 0.15) is 23.7 Å². The molecule has 4 rings (SSSR count). The molecule has 1 aliphatic rings. The lowest BCUT2D eigenvalue weighted by Gasteiger charge is -2.18. The molecule has 0 saturated carbocycles. The predicted molar refractivity (Wildman–Crippen MR) is 91.4 cm³/mol. The number of halogens is 1. The number of nitrogens with zero attached hydrogens (tertiary/aromatic N) is 4. The first-order valence-electron chi connectivity index (χ1n) is 8.43. The van der Waals surface area contributed by atoms with Gasteiger partial charge in [0.25, 0.3) is 0 Å². The molecule has 3 heterocycles. The number of aromatic nitrogens is 4. The summed E-state index contributed by atoms with van der Waals surface area (Å²) in [6.07, 6.45) is 4.56. The number of benzene rings is 1. The van der Waals surface area contributed by atoms with Gasteiger partial charge in [0.1, 0.15) is 11.5 Å². The molecule has 7 heteroatoms. The molecule has 1 unspecified atom stereocenters. The average molecular weight is 341 g/mol. The van der Waals surface area contributed by atoms with Gasteiger partial charge in [-0.1, -0.05) is 12.1 Å². The Kier molecular flexibility index (Phi) is 4.33. The van der Waals surface area contributed by atoms with E-state index in [2.05, 4.69) is 10.3 Å². The summed E-state index contributed by atoms with van der Waals surface area (Å²) in [5, 5.41) is 18.0. The minimum atomic E-state index is -0.335. The predicted octanol–water partition coefficient (Wildman–Crippen LogP) is 1.96. The van der Waals surface area contributed by atoms with E-state index < -0.39 is 0 Å². The topological polar surface area (TPSA) is 67.9 Å². The fourth-order valence-corrected chi connectivity index (χ4v) is 3.27. The smallest absolute Gasteiger partial charge is 0.161 e. The summed E-state index contributed by atoms with van der Waals surface area (Å²) in [4.78, 5) is 4.45. The van der Waals surface area contributed by atoms with Crippen LogP contribution >= 0.6 is 0 Å². The van der Waals surface area contributed by atoms with Gasteiger partial charge < -0.3 is 15.0 Å². The number of rotatable bonds is 4. The Morgan fingerprint density at radius 2 is 2.12 bits per heavy atom. The van der Waals surface area contributed by atoms with E-state index >= 15 is 0 Å². The van der Waals surface area contributed by atoms with Crippen molar-refractivity contribution in [3.8, 4) is 11.5 Å². The molecule has 0 bridgehead atoms. The third-order valence-corrected chi connectivity index (χ3v) is 4.55. The molecule has 0 radical (unpaired) electrons. The monoisotopic (exact) mass is 341 g/mol. The summed E-state index contributed by atoms with van der Waals surface area (Å²) in [6, 6.07) is 7.88. The van der Waals surface area contributed by atoms with Crippen molar-refractivity contribution in [3.63, 3.8) is 0 Å². The normalized spacial score (nSPS) is 15.6. The third kappa shape index (κ3) is 3.08. The second-order valence-electron chi connectivity index (χ2n) is 6.18. The maximum atomic E-state index is 13.2. The van der Waals surface area contributed by atoms with Gasteiger partial charge in [-0.2, -0.15) is 5.10 Å². The van der Waals surface area contributed by atoms with Crippen molar-refractivity contribution in [3.05, 3.63) is 59.8 Å². The number of fused-ring (bicyclic) bond motifs is 1. The Balaban J connectivity index is 1.71. The molecule has 130 valence electrons. The fourth-order valence-electron chi connectivity index (χ4n) is 3.27. The number of hydrogen-bond acceptors (Lipinski definition) is 4. The van der Waals surface area contributed by atoms with E-state index in [-0.39, 0.29) is 18.5 Å². The van der Waals surface area contributed by atoms with Gasteiger partial charge in [-0.3, -0.25) is 4.68 Å². The summed E-state index contributed by atoms with van der Waals surface area (Å²) >= 11 is 0. The largest absolute Gasteiger partial charge is 0.394 e. The molecule has 0 saturated heterocycles. The van der Waals surface area contributed by atoms with Crippen molar-refractivity contribution in [1.29, 1.82) is 0 Å². The van der Waals surface area contributed by atoms with Crippen LogP contribution in [0.5, 0.6) is 0 Å². The number of aliphatic hydroxyl groups excluding tert-OH is 1. The van der Waals surface area contributed by atoms with E-state index in [1.165, 1.54) is 12.1 Å². The van der Waals surface area contributed by atoms with E-state index in [9.17, 15) is 9.50 Å². The molecule has 0 fully saturated rings. The highest BCUT2D eigenvalue weighted by Crippen LogP contribution is 2.26. The van der Waals surface area contributed by atoms with Crippen molar-refractivity contribution in [2.24, 2.45) is 0 Å². The molecule has 6 nitrogen and oxygen atoms in total. The molecule has 2 N–H and O–H groups in total. The highest BCUT2D eigenvalue weighted by Gasteiger charge is 2.20. The summed E-state index contributed by atoms with van der Waals surface area (Å²) < 4.78 is 17.1. The van der Waals surface area contributed by atoms with Crippen molar-refractivity contribution >= 4 is 0 Å². The number of imidazole rings is 1. The number of aliphatic hydroxyl groups is 1. The lowest BCUT2D eigenvalue weighted by molar-refractivity contribution is 0.250. The summed E-state index contributed by atoms with van der Waals surface area (Å²) in [6.45, 7) is 2.55. The Bertz CT molecular complexity index is 831. The van der Waals surface area contributed by atoms with Crippen LogP contribution in [0.25, 0.3) is 11.5 Å². The summed E-state index contributed by atoms with van der Waals surface area (Å²) in [5.74, 6) is 0.403. The van der Waals surface area contributed by atoms with Gasteiger partial charge in [0.05, 0.1) is 18.3 Å². The second-order valence-corrected chi connectivity index (χ2v) is 6.18. The highest BCUT2D eigenvalue weighted by molar-refractivity contribution is 5.51. The van der Waals surface area contributed by atoms with E-state index in [4.69, 9.17) is 5.10 Å². The molecule has 3 aromatic rings. The maximum Gasteiger partial charge on any atom is 0.161 e. The zero-order valence-electron chi connectivity index (χ0n) is 13.8. The summed E-state index contributed by atoms with van der Waals surface area (Å²) in [7, 11) is 0. The van der Waals surface area contributed by atoms with Crippen molar-refractivity contribution < 1.29 is 9.50 Å². The minimum absolute atomic E-state index is 0.107. The third-order valence-electron chi connectivity index (χ3n) is 4.55.